The van der Waals surface area contributed by atoms with Crippen molar-refractivity contribution in [2.45, 2.75) is 6.92 Å². The molecule has 0 spiro atoms. The Morgan fingerprint density at radius 2 is 1.92 bits per heavy atom. The summed E-state index contributed by atoms with van der Waals surface area (Å²) < 4.78 is 2.77. The van der Waals surface area contributed by atoms with Crippen LogP contribution in [0.5, 0.6) is 0 Å². The quantitative estimate of drug-likeness (QED) is 0.611. The van der Waals surface area contributed by atoms with E-state index < -0.39 is 0 Å². The number of fused-ring (bicyclic) bond motifs is 3. The van der Waals surface area contributed by atoms with Crippen molar-refractivity contribution in [3.8, 4) is 11.1 Å². The normalized spacial score (nSPS) is 11.0. The monoisotopic (exact) mass is 319 g/mol. The van der Waals surface area contributed by atoms with Crippen LogP contribution in [0.1, 0.15) is 6.92 Å². The lowest BCUT2D eigenvalue weighted by atomic mass is 10.1. The maximum Gasteiger partial charge on any atom is 0.280 e. The molecule has 0 aliphatic rings. The zero-order chi connectivity index (χ0) is 16.7. The molecule has 1 N–H and O–H groups in total. The summed E-state index contributed by atoms with van der Waals surface area (Å²) in [6.07, 6.45) is 4.76. The van der Waals surface area contributed by atoms with Gasteiger partial charge in [0.1, 0.15) is 0 Å². The van der Waals surface area contributed by atoms with Crippen molar-refractivity contribution in [3.05, 3.63) is 65.3 Å². The summed E-state index contributed by atoms with van der Waals surface area (Å²) in [4.78, 5) is 28.0. The van der Waals surface area contributed by atoms with Crippen LogP contribution in [0, 0.1) is 0 Å². The third-order valence-electron chi connectivity index (χ3n) is 3.76. The highest BCUT2D eigenvalue weighted by Crippen LogP contribution is 2.24. The van der Waals surface area contributed by atoms with Crippen LogP contribution in [0.25, 0.3) is 27.7 Å². The first kappa shape index (κ1) is 14.1. The maximum absolute atomic E-state index is 12.5. The summed E-state index contributed by atoms with van der Waals surface area (Å²) in [5.41, 5.74) is 5.30. The van der Waals surface area contributed by atoms with Gasteiger partial charge in [0.25, 0.3) is 5.56 Å². The van der Waals surface area contributed by atoms with Crippen LogP contribution in [0.3, 0.4) is 0 Å². The van der Waals surface area contributed by atoms with Gasteiger partial charge in [0.15, 0.2) is 5.65 Å². The minimum atomic E-state index is -0.353. The molecule has 4 aromatic rings. The molecule has 0 radical (unpaired) electrons. The molecule has 0 bridgehead atoms. The van der Waals surface area contributed by atoms with Crippen LogP contribution in [0.15, 0.2) is 59.8 Å². The van der Waals surface area contributed by atoms with Crippen molar-refractivity contribution in [2.75, 3.05) is 5.43 Å². The van der Waals surface area contributed by atoms with Crippen LogP contribution in [-0.4, -0.2) is 25.2 Å². The van der Waals surface area contributed by atoms with E-state index >= 15 is 0 Å². The van der Waals surface area contributed by atoms with Gasteiger partial charge in [-0.3, -0.25) is 15.0 Å². The number of pyridine rings is 1. The number of hydrogen-bond donors (Lipinski definition) is 1. The van der Waals surface area contributed by atoms with E-state index in [-0.39, 0.29) is 11.5 Å². The van der Waals surface area contributed by atoms with Crippen LogP contribution in [0.2, 0.25) is 0 Å². The molecule has 4 rings (SSSR count). The number of aromatic nitrogens is 4. The Morgan fingerprint density at radius 3 is 2.67 bits per heavy atom. The summed E-state index contributed by atoms with van der Waals surface area (Å²) in [5, 5.41) is 4.75. The standard InChI is InChI=1S/C17H13N5O2/c1-11(23)20-21-8-7-15-14(17(21)24)9-18-16-13(10-19-22(15)16)12-5-3-2-4-6-12/h2-10H,1H3,(H,20,23). The topological polar surface area (TPSA) is 81.3 Å². The van der Waals surface area contributed by atoms with Crippen molar-refractivity contribution in [3.63, 3.8) is 0 Å². The van der Waals surface area contributed by atoms with Crippen molar-refractivity contribution < 1.29 is 4.79 Å². The van der Waals surface area contributed by atoms with E-state index in [4.69, 9.17) is 0 Å². The fourth-order valence-corrected chi connectivity index (χ4v) is 2.70. The molecule has 0 atom stereocenters. The zero-order valence-corrected chi connectivity index (χ0v) is 12.8. The molecule has 0 aliphatic heterocycles. The Labute approximate surface area is 136 Å². The molecule has 3 heterocycles. The van der Waals surface area contributed by atoms with Gasteiger partial charge in [-0.25, -0.2) is 14.2 Å². The average molecular weight is 319 g/mol. The number of carbonyl (C=O) groups excluding carboxylic acids is 1. The van der Waals surface area contributed by atoms with Crippen LogP contribution in [-0.2, 0) is 4.79 Å². The second-order valence-electron chi connectivity index (χ2n) is 5.38. The van der Waals surface area contributed by atoms with E-state index in [9.17, 15) is 9.59 Å². The number of hydrogen-bond acceptors (Lipinski definition) is 4. The van der Waals surface area contributed by atoms with E-state index in [1.165, 1.54) is 19.3 Å². The molecule has 1 amide bonds. The summed E-state index contributed by atoms with van der Waals surface area (Å²) in [7, 11) is 0. The number of nitrogens with one attached hydrogen (secondary N) is 1. The molecule has 7 heteroatoms. The van der Waals surface area contributed by atoms with Crippen molar-refractivity contribution in [1.82, 2.24) is 19.3 Å². The highest BCUT2D eigenvalue weighted by atomic mass is 16.2. The minimum absolute atomic E-state index is 0.323. The second-order valence-corrected chi connectivity index (χ2v) is 5.38. The highest BCUT2D eigenvalue weighted by Gasteiger charge is 2.12. The predicted molar refractivity (Wildman–Crippen MR) is 90.2 cm³/mol. The summed E-state index contributed by atoms with van der Waals surface area (Å²) in [6.45, 7) is 1.34. The number of amides is 1. The van der Waals surface area contributed by atoms with Gasteiger partial charge < -0.3 is 0 Å². The van der Waals surface area contributed by atoms with Gasteiger partial charge in [-0.15, -0.1) is 0 Å². The number of benzene rings is 1. The first-order valence-electron chi connectivity index (χ1n) is 7.36. The van der Waals surface area contributed by atoms with Gasteiger partial charge in [-0.05, 0) is 11.6 Å². The number of rotatable bonds is 2. The molecular formula is C17H13N5O2. The molecule has 0 fully saturated rings. The molecule has 3 aromatic heterocycles. The van der Waals surface area contributed by atoms with Crippen molar-refractivity contribution in [1.29, 1.82) is 0 Å². The Bertz CT molecular complexity index is 1130. The minimum Gasteiger partial charge on any atom is -0.274 e. The first-order chi connectivity index (χ1) is 11.6. The third kappa shape index (κ3) is 2.14. The van der Waals surface area contributed by atoms with Gasteiger partial charge in [0.2, 0.25) is 5.91 Å². The summed E-state index contributed by atoms with van der Waals surface area (Å²) in [5.74, 6) is -0.323. The zero-order valence-electron chi connectivity index (χ0n) is 12.8. The molecular weight excluding hydrogens is 306 g/mol. The van der Waals surface area contributed by atoms with Gasteiger partial charge in [-0.1, -0.05) is 30.3 Å². The molecule has 7 nitrogen and oxygen atoms in total. The Hall–Kier alpha value is -3.48. The largest absolute Gasteiger partial charge is 0.280 e. The fraction of sp³-hybridized carbons (Fsp3) is 0.0588. The van der Waals surface area contributed by atoms with Crippen LogP contribution < -0.4 is 11.0 Å². The van der Waals surface area contributed by atoms with E-state index in [1.807, 2.05) is 30.3 Å². The fourth-order valence-electron chi connectivity index (χ4n) is 2.70. The Morgan fingerprint density at radius 1 is 1.12 bits per heavy atom. The SMILES string of the molecule is CC(=O)Nn1ccc2c(cnc3c(-c4ccccc4)cnn32)c1=O. The van der Waals surface area contributed by atoms with Gasteiger partial charge in [0, 0.05) is 24.9 Å². The summed E-state index contributed by atoms with van der Waals surface area (Å²) >= 11 is 0. The predicted octanol–water partition coefficient (Wildman–Crippen LogP) is 1.80. The van der Waals surface area contributed by atoms with Gasteiger partial charge >= 0.3 is 0 Å². The van der Waals surface area contributed by atoms with E-state index in [0.29, 0.717) is 16.6 Å². The lowest BCUT2D eigenvalue weighted by Gasteiger charge is -2.07. The smallest absolute Gasteiger partial charge is 0.274 e. The molecule has 1 aromatic carbocycles. The molecule has 0 unspecified atom stereocenters. The van der Waals surface area contributed by atoms with E-state index in [2.05, 4.69) is 15.5 Å². The lowest BCUT2D eigenvalue weighted by Crippen LogP contribution is -2.31. The third-order valence-corrected chi connectivity index (χ3v) is 3.76. The maximum atomic E-state index is 12.5. The van der Waals surface area contributed by atoms with Gasteiger partial charge in [-0.2, -0.15) is 5.10 Å². The molecule has 118 valence electrons. The van der Waals surface area contributed by atoms with Crippen molar-refractivity contribution >= 4 is 22.5 Å². The Kier molecular flexibility index (Phi) is 3.13. The molecule has 24 heavy (non-hydrogen) atoms. The second kappa shape index (κ2) is 5.31. The van der Waals surface area contributed by atoms with Gasteiger partial charge in [0.05, 0.1) is 17.1 Å². The number of nitrogens with zero attached hydrogens (tertiary/aromatic N) is 4. The highest BCUT2D eigenvalue weighted by molar-refractivity contribution is 5.86. The van der Waals surface area contributed by atoms with E-state index in [0.717, 1.165) is 15.8 Å². The average Bonchev–Trinajstić information content (AvgIpc) is 3.02. The lowest BCUT2D eigenvalue weighted by molar-refractivity contribution is -0.115. The Balaban J connectivity index is 1.97. The van der Waals surface area contributed by atoms with Crippen molar-refractivity contribution in [2.24, 2.45) is 0 Å². The summed E-state index contributed by atoms with van der Waals surface area (Å²) in [6, 6.07) is 11.5. The van der Waals surface area contributed by atoms with Crippen LogP contribution >= 0.6 is 0 Å². The van der Waals surface area contributed by atoms with E-state index in [1.54, 1.807) is 16.8 Å². The first-order valence-corrected chi connectivity index (χ1v) is 7.36. The number of carbonyl (C=O) groups is 1. The molecule has 0 aliphatic carbocycles. The molecule has 0 saturated carbocycles. The van der Waals surface area contributed by atoms with Crippen LogP contribution in [0.4, 0.5) is 0 Å². The molecule has 0 saturated heterocycles.